The monoisotopic (exact) mass is 431 g/mol. The van der Waals surface area contributed by atoms with Crippen LogP contribution in [0.25, 0.3) is 10.2 Å². The van der Waals surface area contributed by atoms with Crippen molar-refractivity contribution in [2.75, 3.05) is 5.75 Å². The van der Waals surface area contributed by atoms with Gasteiger partial charge in [-0.3, -0.25) is 4.79 Å². The van der Waals surface area contributed by atoms with Crippen molar-refractivity contribution in [2.45, 2.75) is 29.9 Å². The molecule has 2 aliphatic heterocycles. The predicted molar refractivity (Wildman–Crippen MR) is 114 cm³/mol. The van der Waals surface area contributed by atoms with E-state index in [-0.39, 0.29) is 35.1 Å². The lowest BCUT2D eigenvalue weighted by molar-refractivity contribution is -0.301. The molecule has 1 fully saturated rings. The van der Waals surface area contributed by atoms with Crippen LogP contribution in [0.2, 0.25) is 0 Å². The van der Waals surface area contributed by atoms with Crippen LogP contribution in [-0.2, 0) is 9.59 Å². The highest BCUT2D eigenvalue weighted by atomic mass is 32.2. The number of thioether (sulfide) groups is 1. The molecule has 0 bridgehead atoms. The van der Waals surface area contributed by atoms with Crippen LogP contribution < -0.4 is 5.11 Å². The number of carbonyl (C=O) groups is 2. The van der Waals surface area contributed by atoms with Crippen LogP contribution >= 0.6 is 32.3 Å². The topological polar surface area (TPSA) is 73.3 Å². The van der Waals surface area contributed by atoms with E-state index in [0.717, 1.165) is 14.6 Å². The van der Waals surface area contributed by atoms with Gasteiger partial charge < -0.3 is 14.8 Å². The lowest BCUT2D eigenvalue weighted by atomic mass is 9.79. The summed E-state index contributed by atoms with van der Waals surface area (Å²) in [5.74, 6) is -0.903. The number of nitrogens with zero attached hydrogens (tertiary/aromatic N) is 2. The molecule has 5 atom stereocenters. The van der Waals surface area contributed by atoms with Gasteiger partial charge >= 0.3 is 0 Å². The number of allylic oxidation sites excluding steroid dienone is 1. The second kappa shape index (κ2) is 7.62. The zero-order chi connectivity index (χ0) is 20.0. The van der Waals surface area contributed by atoms with Gasteiger partial charge in [-0.1, -0.05) is 49.9 Å². The summed E-state index contributed by atoms with van der Waals surface area (Å²) in [7, 11) is 2.66. The molecule has 0 saturated carbocycles. The van der Waals surface area contributed by atoms with Gasteiger partial charge in [-0.05, 0) is 23.4 Å². The van der Waals surface area contributed by atoms with Gasteiger partial charge in [0.1, 0.15) is 0 Å². The van der Waals surface area contributed by atoms with Crippen molar-refractivity contribution in [3.63, 3.8) is 0 Å². The minimum Gasteiger partial charge on any atom is -0.543 e. The predicted octanol–water partition coefficient (Wildman–Crippen LogP) is 2.69. The Morgan fingerprint density at radius 2 is 2.21 bits per heavy atom. The van der Waals surface area contributed by atoms with Gasteiger partial charge in [0.05, 0.1) is 33.8 Å². The normalized spacial score (nSPS) is 25.5. The molecule has 2 aromatic rings. The summed E-state index contributed by atoms with van der Waals surface area (Å²) >= 11 is 3.26. The summed E-state index contributed by atoms with van der Waals surface area (Å²) in [6.45, 7) is 3.96. The van der Waals surface area contributed by atoms with Crippen LogP contribution in [0.1, 0.15) is 13.8 Å². The molecule has 1 amide bonds. The molecule has 5 nitrogen and oxygen atoms in total. The third-order valence-corrected chi connectivity index (χ3v) is 7.89. The second-order valence-electron chi connectivity index (χ2n) is 7.12. The first-order valence-electron chi connectivity index (χ1n) is 9.09. The first-order valence-corrected chi connectivity index (χ1v) is 11.6. The molecule has 146 valence electrons. The van der Waals surface area contributed by atoms with Crippen molar-refractivity contribution in [1.82, 2.24) is 9.88 Å². The van der Waals surface area contributed by atoms with E-state index in [4.69, 9.17) is 0 Å². The zero-order valence-electron chi connectivity index (χ0n) is 15.5. The van der Waals surface area contributed by atoms with Gasteiger partial charge in [-0.2, -0.15) is 0 Å². The molecule has 0 N–H and O–H groups in total. The Kier molecular flexibility index (Phi) is 5.34. The highest BCUT2D eigenvalue weighted by molar-refractivity contribution is 8.01. The number of amides is 1. The molecular weight excluding hydrogens is 411 g/mol. The van der Waals surface area contributed by atoms with Crippen molar-refractivity contribution < 1.29 is 14.7 Å². The van der Waals surface area contributed by atoms with E-state index < -0.39 is 5.97 Å². The largest absolute Gasteiger partial charge is 0.543 e. The number of β-lactam (4-membered cyclic amide) rings is 1. The Bertz CT molecular complexity index is 981. The summed E-state index contributed by atoms with van der Waals surface area (Å²) in [4.78, 5) is 30.2. The number of thiazole rings is 1. The molecule has 4 rings (SSSR count). The van der Waals surface area contributed by atoms with E-state index >= 15 is 0 Å². The van der Waals surface area contributed by atoms with Gasteiger partial charge in [-0.25, -0.2) is 4.98 Å². The molecule has 0 radical (unpaired) electrons. The molecule has 3 heterocycles. The van der Waals surface area contributed by atoms with Crippen molar-refractivity contribution in [3.05, 3.63) is 47.7 Å². The standard InChI is InChI=1S/C20H21N2O3PS2/c1-10-12(17(19(24)25)22-16(10)15(11(2)26)18(22)23)6-5-9-27-20-21-13-7-3-4-8-14(13)28-20/h3-8,10-11,15-16H,9,26H2,1-2H3,(H,24,25)/p-1/b6-5+/t10-,11?,15?,16?/m0/s1. The molecule has 1 saturated heterocycles. The Balaban J connectivity index is 1.49. The number of hydrogen-bond donors (Lipinski definition) is 0. The van der Waals surface area contributed by atoms with Gasteiger partial charge in [0.25, 0.3) is 0 Å². The number of aromatic nitrogens is 1. The third-order valence-electron chi connectivity index (χ3n) is 5.34. The fourth-order valence-electron chi connectivity index (χ4n) is 4.05. The van der Waals surface area contributed by atoms with E-state index in [2.05, 4.69) is 20.3 Å². The van der Waals surface area contributed by atoms with Crippen LogP contribution in [0.15, 0.2) is 52.0 Å². The first-order chi connectivity index (χ1) is 13.4. The quantitative estimate of drug-likeness (QED) is 0.400. The van der Waals surface area contributed by atoms with Crippen LogP contribution in [0.5, 0.6) is 0 Å². The molecular formula is C20H20N2O3PS2-. The highest BCUT2D eigenvalue weighted by Gasteiger charge is 2.57. The summed E-state index contributed by atoms with van der Waals surface area (Å²) in [5.41, 5.74) is 1.81. The number of carbonyl (C=O) groups excluding carboxylic acids is 2. The fourth-order valence-corrected chi connectivity index (χ4v) is 6.35. The highest BCUT2D eigenvalue weighted by Crippen LogP contribution is 2.48. The molecule has 0 aliphatic carbocycles. The van der Waals surface area contributed by atoms with Gasteiger partial charge in [-0.15, -0.1) is 20.6 Å². The SMILES string of the molecule is CC(P)C1C(=O)N2C(C(=O)[O-])=C(/C=C/CSc3nc4ccccc4s3)[C@H](C)C12. The Labute approximate surface area is 174 Å². The smallest absolute Gasteiger partial charge is 0.233 e. The summed E-state index contributed by atoms with van der Waals surface area (Å²) in [6.07, 6.45) is 3.78. The van der Waals surface area contributed by atoms with Crippen LogP contribution in [0.4, 0.5) is 0 Å². The number of hydrogen-bond acceptors (Lipinski definition) is 6. The molecule has 1 aromatic carbocycles. The number of aliphatic carboxylic acids is 1. The van der Waals surface area contributed by atoms with Crippen LogP contribution in [0.3, 0.4) is 0 Å². The number of rotatable bonds is 6. The van der Waals surface area contributed by atoms with E-state index in [1.165, 1.54) is 4.90 Å². The maximum atomic E-state index is 12.4. The molecule has 0 spiro atoms. The average molecular weight is 431 g/mol. The third kappa shape index (κ3) is 3.19. The van der Waals surface area contributed by atoms with E-state index in [1.54, 1.807) is 23.1 Å². The van der Waals surface area contributed by atoms with E-state index in [9.17, 15) is 14.7 Å². The van der Waals surface area contributed by atoms with E-state index in [0.29, 0.717) is 11.3 Å². The minimum atomic E-state index is -1.28. The summed E-state index contributed by atoms with van der Waals surface area (Å²) < 4.78 is 2.14. The number of carboxylic acids is 1. The van der Waals surface area contributed by atoms with Gasteiger partial charge in [0.15, 0.2) is 4.34 Å². The molecule has 4 unspecified atom stereocenters. The van der Waals surface area contributed by atoms with Crippen molar-refractivity contribution >= 4 is 54.4 Å². The number of benzene rings is 1. The Morgan fingerprint density at radius 3 is 2.89 bits per heavy atom. The summed E-state index contributed by atoms with van der Waals surface area (Å²) in [6, 6.07) is 7.92. The fraction of sp³-hybridized carbons (Fsp3) is 0.350. The minimum absolute atomic E-state index is 0.0256. The lowest BCUT2D eigenvalue weighted by Crippen LogP contribution is -2.63. The second-order valence-corrected chi connectivity index (χ2v) is 10.5. The maximum absolute atomic E-state index is 12.4. The van der Waals surface area contributed by atoms with Crippen molar-refractivity contribution in [3.8, 4) is 0 Å². The Hall–Kier alpha value is -1.69. The maximum Gasteiger partial charge on any atom is 0.233 e. The lowest BCUT2D eigenvalue weighted by Gasteiger charge is -2.47. The van der Waals surface area contributed by atoms with Gasteiger partial charge in [0, 0.05) is 11.7 Å². The zero-order valence-corrected chi connectivity index (χ0v) is 18.3. The summed E-state index contributed by atoms with van der Waals surface area (Å²) in [5, 5.41) is 11.7. The molecule has 1 aromatic heterocycles. The van der Waals surface area contributed by atoms with Crippen LogP contribution in [0, 0.1) is 11.8 Å². The molecule has 8 heteroatoms. The van der Waals surface area contributed by atoms with Gasteiger partial charge in [0.2, 0.25) is 5.91 Å². The average Bonchev–Trinajstić information content (AvgIpc) is 3.15. The van der Waals surface area contributed by atoms with Crippen molar-refractivity contribution in [2.24, 2.45) is 11.8 Å². The first kappa shape index (κ1) is 19.6. The number of fused-ring (bicyclic) bond motifs is 2. The Morgan fingerprint density at radius 1 is 1.46 bits per heavy atom. The number of para-hydroxylation sites is 1. The van der Waals surface area contributed by atoms with Crippen LogP contribution in [-0.4, -0.2) is 39.2 Å². The number of carboxylic acid groups (broad SMARTS) is 1. The van der Waals surface area contributed by atoms with Crippen molar-refractivity contribution in [1.29, 1.82) is 0 Å². The molecule has 2 aliphatic rings. The van der Waals surface area contributed by atoms with E-state index in [1.807, 2.05) is 44.2 Å². The molecule has 28 heavy (non-hydrogen) atoms.